The molecule has 2 aliphatic rings. The number of aromatic nitrogens is 2. The Bertz CT molecular complexity index is 455. The third-order valence-electron chi connectivity index (χ3n) is 4.19. The quantitative estimate of drug-likeness (QED) is 0.894. The van der Waals surface area contributed by atoms with E-state index >= 15 is 0 Å². The molecule has 110 valence electrons. The van der Waals surface area contributed by atoms with Gasteiger partial charge in [0.1, 0.15) is 17.5 Å². The first-order valence-corrected chi connectivity index (χ1v) is 7.62. The molecular weight excluding hydrogens is 252 g/mol. The van der Waals surface area contributed by atoms with Crippen LogP contribution in [0.4, 0.5) is 11.6 Å². The predicted molar refractivity (Wildman–Crippen MR) is 80.4 cm³/mol. The minimum atomic E-state index is 0.582. The highest BCUT2D eigenvalue weighted by Crippen LogP contribution is 2.39. The van der Waals surface area contributed by atoms with Crippen molar-refractivity contribution in [3.05, 3.63) is 11.9 Å². The molecule has 1 aromatic heterocycles. The lowest BCUT2D eigenvalue weighted by Gasteiger charge is -2.28. The van der Waals surface area contributed by atoms with Gasteiger partial charge in [0, 0.05) is 45.8 Å². The summed E-state index contributed by atoms with van der Waals surface area (Å²) in [7, 11) is 4.05. The van der Waals surface area contributed by atoms with Crippen LogP contribution < -0.4 is 10.2 Å². The normalized spacial score (nSPS) is 19.9. The van der Waals surface area contributed by atoms with Crippen LogP contribution in [0.3, 0.4) is 0 Å². The van der Waals surface area contributed by atoms with Crippen molar-refractivity contribution in [1.82, 2.24) is 9.97 Å². The van der Waals surface area contributed by atoms with Gasteiger partial charge in [0.2, 0.25) is 0 Å². The standard InChI is InChI=1S/C15H24N4O/c1-16-13-9-14(18-15(17-13)12-3-4-12)19(2)10-11-5-7-20-8-6-11/h9,11-12H,3-8,10H2,1-2H3,(H,16,17,18). The van der Waals surface area contributed by atoms with Crippen molar-refractivity contribution < 1.29 is 4.74 Å². The average Bonchev–Trinajstić information content (AvgIpc) is 3.32. The second kappa shape index (κ2) is 5.95. The van der Waals surface area contributed by atoms with Crippen LogP contribution in [0, 0.1) is 5.92 Å². The molecule has 1 aliphatic heterocycles. The van der Waals surface area contributed by atoms with Gasteiger partial charge >= 0.3 is 0 Å². The number of anilines is 2. The van der Waals surface area contributed by atoms with E-state index in [9.17, 15) is 0 Å². The second-order valence-electron chi connectivity index (χ2n) is 5.93. The lowest BCUT2D eigenvalue weighted by atomic mass is 10.00. The van der Waals surface area contributed by atoms with Crippen LogP contribution in [0.15, 0.2) is 6.07 Å². The summed E-state index contributed by atoms with van der Waals surface area (Å²) in [5, 5.41) is 3.15. The Morgan fingerprint density at radius 1 is 1.25 bits per heavy atom. The van der Waals surface area contributed by atoms with E-state index < -0.39 is 0 Å². The molecule has 0 amide bonds. The predicted octanol–water partition coefficient (Wildman–Crippen LogP) is 2.26. The Balaban J connectivity index is 1.72. The summed E-state index contributed by atoms with van der Waals surface area (Å²) in [6, 6.07) is 2.05. The zero-order valence-electron chi connectivity index (χ0n) is 12.4. The zero-order chi connectivity index (χ0) is 13.9. The SMILES string of the molecule is CNc1cc(N(C)CC2CCOCC2)nc(C2CC2)n1. The summed E-state index contributed by atoms with van der Waals surface area (Å²) in [6.07, 6.45) is 4.78. The van der Waals surface area contributed by atoms with E-state index in [1.165, 1.54) is 12.8 Å². The molecule has 0 bridgehead atoms. The van der Waals surface area contributed by atoms with Crippen molar-refractivity contribution in [2.24, 2.45) is 5.92 Å². The molecule has 0 unspecified atom stereocenters. The molecule has 0 aromatic carbocycles. The van der Waals surface area contributed by atoms with Crippen molar-refractivity contribution in [1.29, 1.82) is 0 Å². The highest BCUT2D eigenvalue weighted by Gasteiger charge is 2.28. The van der Waals surface area contributed by atoms with Crippen LogP contribution in [0.1, 0.15) is 37.4 Å². The van der Waals surface area contributed by atoms with Crippen molar-refractivity contribution in [3.8, 4) is 0 Å². The second-order valence-corrected chi connectivity index (χ2v) is 5.93. The third-order valence-corrected chi connectivity index (χ3v) is 4.19. The number of nitrogens with zero attached hydrogens (tertiary/aromatic N) is 3. The Kier molecular flexibility index (Phi) is 4.05. The monoisotopic (exact) mass is 276 g/mol. The number of rotatable bonds is 5. The molecule has 0 spiro atoms. The molecule has 5 heteroatoms. The van der Waals surface area contributed by atoms with E-state index in [1.807, 2.05) is 13.1 Å². The molecule has 2 heterocycles. The van der Waals surface area contributed by atoms with Gasteiger partial charge < -0.3 is 15.0 Å². The van der Waals surface area contributed by atoms with E-state index in [0.29, 0.717) is 11.8 Å². The van der Waals surface area contributed by atoms with E-state index in [1.54, 1.807) is 0 Å². The summed E-state index contributed by atoms with van der Waals surface area (Å²) in [4.78, 5) is 11.6. The van der Waals surface area contributed by atoms with Gasteiger partial charge in [0.05, 0.1) is 0 Å². The minimum Gasteiger partial charge on any atom is -0.381 e. The topological polar surface area (TPSA) is 50.3 Å². The zero-order valence-corrected chi connectivity index (χ0v) is 12.4. The van der Waals surface area contributed by atoms with Crippen LogP contribution >= 0.6 is 0 Å². The van der Waals surface area contributed by atoms with Gasteiger partial charge in [-0.2, -0.15) is 0 Å². The molecule has 1 aromatic rings. The third kappa shape index (κ3) is 3.20. The molecule has 5 nitrogen and oxygen atoms in total. The number of nitrogens with one attached hydrogen (secondary N) is 1. The molecular formula is C15H24N4O. The number of ether oxygens (including phenoxy) is 1. The van der Waals surface area contributed by atoms with Gasteiger partial charge in [-0.1, -0.05) is 0 Å². The Labute approximate surface area is 120 Å². The molecule has 0 atom stereocenters. The summed E-state index contributed by atoms with van der Waals surface area (Å²) in [6.45, 7) is 2.85. The molecule has 20 heavy (non-hydrogen) atoms. The summed E-state index contributed by atoms with van der Waals surface area (Å²) >= 11 is 0. The summed E-state index contributed by atoms with van der Waals surface area (Å²) in [5.74, 6) is 4.27. The van der Waals surface area contributed by atoms with Gasteiger partial charge in [-0.15, -0.1) is 0 Å². The van der Waals surface area contributed by atoms with Crippen molar-refractivity contribution >= 4 is 11.6 Å². The molecule has 2 fully saturated rings. The Morgan fingerprint density at radius 3 is 2.65 bits per heavy atom. The maximum absolute atomic E-state index is 5.43. The smallest absolute Gasteiger partial charge is 0.136 e. The Hall–Kier alpha value is -1.36. The molecule has 0 radical (unpaired) electrons. The molecule has 1 aliphatic carbocycles. The molecule has 3 rings (SSSR count). The van der Waals surface area contributed by atoms with E-state index in [0.717, 1.165) is 50.1 Å². The lowest BCUT2D eigenvalue weighted by molar-refractivity contribution is 0.0685. The van der Waals surface area contributed by atoms with Gasteiger partial charge in [0.15, 0.2) is 0 Å². The highest BCUT2D eigenvalue weighted by molar-refractivity contribution is 5.49. The van der Waals surface area contributed by atoms with Crippen LogP contribution in [-0.2, 0) is 4.74 Å². The van der Waals surface area contributed by atoms with Crippen LogP contribution in [0.5, 0.6) is 0 Å². The van der Waals surface area contributed by atoms with Crippen LogP contribution in [0.25, 0.3) is 0 Å². The van der Waals surface area contributed by atoms with E-state index in [-0.39, 0.29) is 0 Å². The minimum absolute atomic E-state index is 0.582. The Morgan fingerprint density at radius 2 is 2.00 bits per heavy atom. The summed E-state index contributed by atoms with van der Waals surface area (Å²) in [5.41, 5.74) is 0. The van der Waals surface area contributed by atoms with Gasteiger partial charge in [-0.3, -0.25) is 0 Å². The first-order chi connectivity index (χ1) is 9.76. The fraction of sp³-hybridized carbons (Fsp3) is 0.733. The first-order valence-electron chi connectivity index (χ1n) is 7.62. The number of hydrogen-bond donors (Lipinski definition) is 1. The van der Waals surface area contributed by atoms with Crippen molar-refractivity contribution in [2.45, 2.75) is 31.6 Å². The largest absolute Gasteiger partial charge is 0.381 e. The average molecular weight is 276 g/mol. The molecule has 1 N–H and O–H groups in total. The number of hydrogen-bond acceptors (Lipinski definition) is 5. The van der Waals surface area contributed by atoms with Crippen LogP contribution in [0.2, 0.25) is 0 Å². The van der Waals surface area contributed by atoms with Gasteiger partial charge in [-0.05, 0) is 31.6 Å². The van der Waals surface area contributed by atoms with Gasteiger partial charge in [-0.25, -0.2) is 9.97 Å². The lowest BCUT2D eigenvalue weighted by Crippen LogP contribution is -2.30. The summed E-state index contributed by atoms with van der Waals surface area (Å²) < 4.78 is 5.43. The fourth-order valence-electron chi connectivity index (χ4n) is 2.71. The maximum atomic E-state index is 5.43. The first kappa shape index (κ1) is 13.6. The van der Waals surface area contributed by atoms with E-state index in [4.69, 9.17) is 9.72 Å². The van der Waals surface area contributed by atoms with Gasteiger partial charge in [0.25, 0.3) is 0 Å². The van der Waals surface area contributed by atoms with Crippen LogP contribution in [-0.4, -0.2) is 43.8 Å². The maximum Gasteiger partial charge on any atom is 0.136 e. The molecule has 1 saturated carbocycles. The fourth-order valence-corrected chi connectivity index (χ4v) is 2.71. The van der Waals surface area contributed by atoms with Crippen molar-refractivity contribution in [2.75, 3.05) is 44.1 Å². The molecule has 1 saturated heterocycles. The highest BCUT2D eigenvalue weighted by atomic mass is 16.5. The van der Waals surface area contributed by atoms with Crippen molar-refractivity contribution in [3.63, 3.8) is 0 Å². The van der Waals surface area contributed by atoms with E-state index in [2.05, 4.69) is 22.2 Å².